The number of aromatic nitrogens is 2. The zero-order valence-electron chi connectivity index (χ0n) is 19.9. The van der Waals surface area contributed by atoms with Crippen molar-refractivity contribution in [3.8, 4) is 0 Å². The molecular formula is C26H14Br2F8N2O3. The van der Waals surface area contributed by atoms with Crippen molar-refractivity contribution in [3.63, 3.8) is 0 Å². The quantitative estimate of drug-likeness (QED) is 0.0767. The molecule has 0 aliphatic rings. The minimum atomic E-state index is -1.51. The lowest BCUT2D eigenvalue weighted by molar-refractivity contribution is -0.605. The van der Waals surface area contributed by atoms with Gasteiger partial charge in [-0.05, 0) is 55.1 Å². The van der Waals surface area contributed by atoms with Crippen LogP contribution >= 0.6 is 31.9 Å². The molecule has 0 fully saturated rings. The summed E-state index contributed by atoms with van der Waals surface area (Å²) in [5.41, 5.74) is -0.775. The first-order valence-electron chi connectivity index (χ1n) is 10.6. The van der Waals surface area contributed by atoms with Crippen LogP contribution in [0.4, 0.5) is 35.1 Å². The molecule has 2 aromatic heterocycles. The molecule has 41 heavy (non-hydrogen) atoms. The Labute approximate surface area is 243 Å². The molecule has 0 atom stereocenters. The Morgan fingerprint density at radius 3 is 0.951 bits per heavy atom. The van der Waals surface area contributed by atoms with Gasteiger partial charge in [-0.1, -0.05) is 12.2 Å². The van der Waals surface area contributed by atoms with Crippen LogP contribution in [0.5, 0.6) is 0 Å². The van der Waals surface area contributed by atoms with Crippen LogP contribution in [0.3, 0.4) is 0 Å². The van der Waals surface area contributed by atoms with Crippen molar-refractivity contribution in [1.82, 2.24) is 0 Å². The third-order valence-corrected chi connectivity index (χ3v) is 6.42. The summed E-state index contributed by atoms with van der Waals surface area (Å²) in [6.45, 7) is 0. The van der Waals surface area contributed by atoms with Gasteiger partial charge in [-0.3, -0.25) is 0 Å². The Kier molecular flexibility index (Phi) is 11.6. The summed E-state index contributed by atoms with van der Waals surface area (Å²) in [6.07, 6.45) is 8.96. The molecule has 15 heteroatoms. The van der Waals surface area contributed by atoms with E-state index in [1.54, 1.807) is 0 Å². The molecule has 4 rings (SSSR count). The molecule has 0 saturated carbocycles. The largest absolute Gasteiger partial charge is 0.619 e. The Hall–Kier alpha value is -3.82. The fraction of sp³-hybridized carbons (Fsp3) is 0. The van der Waals surface area contributed by atoms with Gasteiger partial charge in [-0.2, -0.15) is 9.46 Å². The van der Waals surface area contributed by atoms with Crippen LogP contribution in [0.15, 0.2) is 58.0 Å². The highest BCUT2D eigenvalue weighted by Gasteiger charge is 2.23. The summed E-state index contributed by atoms with van der Waals surface area (Å²) >= 11 is 4.85. The minimum absolute atomic E-state index is 0. The van der Waals surface area contributed by atoms with Gasteiger partial charge in [-0.25, -0.2) is 35.1 Å². The molecular weight excluding hydrogens is 700 g/mol. The van der Waals surface area contributed by atoms with Gasteiger partial charge in [0.1, 0.15) is 0 Å². The standard InChI is InChI=1S/2C13H6BrF4NO.H2O/c2*14-9-12(17)10(15)8(11(16)13(9)18)2-1-7-3-5-19(20)6-4-7;/h2*1-6H;1H2/b2*2-1+;. The van der Waals surface area contributed by atoms with E-state index in [1.807, 2.05) is 0 Å². The zero-order chi connectivity index (χ0) is 29.7. The molecule has 2 N–H and O–H groups in total. The van der Waals surface area contributed by atoms with Gasteiger partial charge in [0.05, 0.1) is 20.1 Å². The van der Waals surface area contributed by atoms with Crippen LogP contribution in [-0.2, 0) is 0 Å². The molecule has 0 saturated heterocycles. The van der Waals surface area contributed by atoms with Crippen LogP contribution in [0.2, 0.25) is 0 Å². The molecule has 0 aliphatic heterocycles. The van der Waals surface area contributed by atoms with Gasteiger partial charge < -0.3 is 15.9 Å². The summed E-state index contributed by atoms with van der Waals surface area (Å²) in [7, 11) is 0. The average molecular weight is 714 g/mol. The summed E-state index contributed by atoms with van der Waals surface area (Å²) in [4.78, 5) is 0. The Morgan fingerprint density at radius 2 is 0.707 bits per heavy atom. The number of benzene rings is 2. The van der Waals surface area contributed by atoms with Gasteiger partial charge >= 0.3 is 0 Å². The lowest BCUT2D eigenvalue weighted by Gasteiger charge is -2.05. The topological polar surface area (TPSA) is 85.4 Å². The van der Waals surface area contributed by atoms with Crippen molar-refractivity contribution in [1.29, 1.82) is 0 Å². The predicted octanol–water partition coefficient (Wildman–Crippen LogP) is 6.79. The van der Waals surface area contributed by atoms with Crippen LogP contribution in [-0.4, -0.2) is 5.48 Å². The molecule has 2 heterocycles. The van der Waals surface area contributed by atoms with Gasteiger partial charge in [0.25, 0.3) is 0 Å². The molecule has 5 nitrogen and oxygen atoms in total. The van der Waals surface area contributed by atoms with Crippen molar-refractivity contribution >= 4 is 56.2 Å². The van der Waals surface area contributed by atoms with E-state index in [9.17, 15) is 45.5 Å². The molecule has 216 valence electrons. The van der Waals surface area contributed by atoms with E-state index in [1.165, 1.54) is 61.2 Å². The maximum absolute atomic E-state index is 13.6. The minimum Gasteiger partial charge on any atom is -0.619 e. The summed E-state index contributed by atoms with van der Waals surface area (Å²) in [5, 5.41) is 21.6. The third-order valence-electron chi connectivity index (χ3n) is 5.03. The second-order valence-electron chi connectivity index (χ2n) is 7.62. The maximum atomic E-state index is 13.6. The van der Waals surface area contributed by atoms with Crippen molar-refractivity contribution in [2.24, 2.45) is 0 Å². The van der Waals surface area contributed by atoms with Gasteiger partial charge in [0, 0.05) is 24.3 Å². The number of rotatable bonds is 4. The van der Waals surface area contributed by atoms with Gasteiger partial charge in [0.2, 0.25) is 0 Å². The first-order valence-corrected chi connectivity index (χ1v) is 12.2. The normalized spacial score (nSPS) is 11.0. The number of hydrogen-bond acceptors (Lipinski definition) is 2. The van der Waals surface area contributed by atoms with Crippen LogP contribution in [0.1, 0.15) is 22.3 Å². The molecule has 0 unspecified atom stereocenters. The molecule has 0 amide bonds. The Bertz CT molecular complexity index is 1440. The van der Waals surface area contributed by atoms with E-state index in [0.29, 0.717) is 20.6 Å². The molecule has 0 radical (unpaired) electrons. The van der Waals surface area contributed by atoms with E-state index < -0.39 is 66.6 Å². The lowest BCUT2D eigenvalue weighted by Crippen LogP contribution is -2.23. The highest BCUT2D eigenvalue weighted by Crippen LogP contribution is 2.30. The predicted molar refractivity (Wildman–Crippen MR) is 140 cm³/mol. The van der Waals surface area contributed by atoms with Crippen molar-refractivity contribution in [3.05, 3.63) is 137 Å². The van der Waals surface area contributed by atoms with Crippen molar-refractivity contribution in [2.45, 2.75) is 0 Å². The maximum Gasteiger partial charge on any atom is 0.180 e. The van der Waals surface area contributed by atoms with Crippen molar-refractivity contribution in [2.75, 3.05) is 0 Å². The fourth-order valence-corrected chi connectivity index (χ4v) is 3.66. The average Bonchev–Trinajstić information content (AvgIpc) is 2.95. The van der Waals surface area contributed by atoms with Crippen LogP contribution < -0.4 is 9.46 Å². The van der Waals surface area contributed by atoms with E-state index in [4.69, 9.17) is 0 Å². The first-order chi connectivity index (χ1) is 18.8. The van der Waals surface area contributed by atoms with Crippen LogP contribution in [0, 0.1) is 57.0 Å². The number of halogens is 10. The second kappa shape index (κ2) is 14.2. The monoisotopic (exact) mass is 712 g/mol. The highest BCUT2D eigenvalue weighted by molar-refractivity contribution is 9.10. The molecule has 0 bridgehead atoms. The summed E-state index contributed by atoms with van der Waals surface area (Å²) in [6, 6.07) is 5.52. The third kappa shape index (κ3) is 7.68. The van der Waals surface area contributed by atoms with Crippen molar-refractivity contribution < 1.29 is 50.1 Å². The van der Waals surface area contributed by atoms with Gasteiger partial charge in [0.15, 0.2) is 71.3 Å². The fourth-order valence-electron chi connectivity index (χ4n) is 2.97. The molecule has 0 spiro atoms. The molecule has 2 aromatic carbocycles. The first kappa shape index (κ1) is 33.4. The molecule has 4 aromatic rings. The Balaban J connectivity index is 0.000000280. The smallest absolute Gasteiger partial charge is 0.180 e. The molecule has 0 aliphatic carbocycles. The SMILES string of the molecule is O.[O-][n+]1ccc(/C=C/c2c(F)c(F)c(Br)c(F)c2F)cc1.[O-][n+]1ccc(/C=C/c2c(F)c(F)c(Br)c(F)c2F)cc1. The Morgan fingerprint density at radius 1 is 0.463 bits per heavy atom. The van der Waals surface area contributed by atoms with E-state index >= 15 is 0 Å². The number of pyridine rings is 2. The summed E-state index contributed by atoms with van der Waals surface area (Å²) in [5.74, 6) is -12.0. The summed E-state index contributed by atoms with van der Waals surface area (Å²) < 4.78 is 107. The van der Waals surface area contributed by atoms with E-state index in [0.717, 1.165) is 12.2 Å². The van der Waals surface area contributed by atoms with E-state index in [2.05, 4.69) is 31.9 Å². The zero-order valence-corrected chi connectivity index (χ0v) is 23.1. The highest BCUT2D eigenvalue weighted by atomic mass is 79.9. The van der Waals surface area contributed by atoms with Gasteiger partial charge in [-0.15, -0.1) is 0 Å². The lowest BCUT2D eigenvalue weighted by atomic mass is 10.1. The number of nitrogens with zero attached hydrogens (tertiary/aromatic N) is 2. The number of hydrogen-bond donors (Lipinski definition) is 0. The second-order valence-corrected chi connectivity index (χ2v) is 9.20. The van der Waals surface area contributed by atoms with E-state index in [-0.39, 0.29) is 5.48 Å². The van der Waals surface area contributed by atoms with Crippen LogP contribution in [0.25, 0.3) is 24.3 Å².